The van der Waals surface area contributed by atoms with Gasteiger partial charge in [0.2, 0.25) is 5.91 Å². The fourth-order valence-electron chi connectivity index (χ4n) is 4.06. The summed E-state index contributed by atoms with van der Waals surface area (Å²) < 4.78 is 39.2. The van der Waals surface area contributed by atoms with Crippen molar-refractivity contribution in [1.82, 2.24) is 14.9 Å². The van der Waals surface area contributed by atoms with Crippen molar-refractivity contribution in [2.75, 3.05) is 7.11 Å². The average molecular weight is 532 g/mol. The van der Waals surface area contributed by atoms with Crippen molar-refractivity contribution in [3.05, 3.63) is 82.9 Å². The Bertz CT molecular complexity index is 1330. The summed E-state index contributed by atoms with van der Waals surface area (Å²) in [6, 6.07) is 13.3. The molecule has 0 fully saturated rings. The predicted octanol–water partition coefficient (Wildman–Crippen LogP) is 4.39. The molecule has 3 N–H and O–H groups in total. The van der Waals surface area contributed by atoms with Gasteiger partial charge in [-0.05, 0) is 48.2 Å². The summed E-state index contributed by atoms with van der Waals surface area (Å²) in [4.78, 5) is 26.2. The molecule has 1 aromatic heterocycles. The molecule has 0 saturated carbocycles. The Kier molecular flexibility index (Phi) is 8.95. The number of benzene rings is 2. The van der Waals surface area contributed by atoms with E-state index in [4.69, 9.17) is 14.6 Å². The second-order valence-corrected chi connectivity index (χ2v) is 8.60. The number of carboxylic acids is 1. The van der Waals surface area contributed by atoms with Crippen LogP contribution in [0.2, 0.25) is 0 Å². The number of carbonyl (C=O) groups is 2. The number of amides is 1. The number of nitrogens with one attached hydrogen (secondary N) is 1. The van der Waals surface area contributed by atoms with Crippen LogP contribution in [0.25, 0.3) is 11.8 Å². The Morgan fingerprint density at radius 1 is 1.24 bits per heavy atom. The number of aliphatic hydroxyl groups is 1. The first-order valence-electron chi connectivity index (χ1n) is 11.7. The van der Waals surface area contributed by atoms with Crippen LogP contribution >= 0.6 is 0 Å². The van der Waals surface area contributed by atoms with Crippen molar-refractivity contribution >= 4 is 18.0 Å². The molecular formula is C27H28F3N3O5. The lowest BCUT2D eigenvalue weighted by atomic mass is 10.0. The lowest BCUT2D eigenvalue weighted by Gasteiger charge is -2.19. The van der Waals surface area contributed by atoms with Crippen LogP contribution in [0.4, 0.5) is 13.2 Å². The molecule has 8 nitrogen and oxygen atoms in total. The number of hydrogen-bond donors (Lipinski definition) is 3. The third-order valence-electron chi connectivity index (χ3n) is 5.94. The number of fused-ring (bicyclic) bond motifs is 1. The zero-order valence-corrected chi connectivity index (χ0v) is 21.0. The van der Waals surface area contributed by atoms with Gasteiger partial charge >= 0.3 is 12.1 Å². The predicted molar refractivity (Wildman–Crippen MR) is 134 cm³/mol. The molecule has 3 aromatic rings. The molecule has 1 aliphatic rings. The minimum atomic E-state index is -5.08. The first-order chi connectivity index (χ1) is 17.9. The van der Waals surface area contributed by atoms with Gasteiger partial charge in [0.1, 0.15) is 5.75 Å². The van der Waals surface area contributed by atoms with E-state index in [0.29, 0.717) is 24.2 Å². The monoisotopic (exact) mass is 531 g/mol. The number of hydrogen-bond acceptors (Lipinski definition) is 5. The Balaban J connectivity index is 0.000000505. The molecule has 1 aliphatic carbocycles. The van der Waals surface area contributed by atoms with Crippen LogP contribution < -0.4 is 10.1 Å². The van der Waals surface area contributed by atoms with Gasteiger partial charge in [0.15, 0.2) is 0 Å². The highest BCUT2D eigenvalue weighted by atomic mass is 19.4. The molecule has 202 valence electrons. The van der Waals surface area contributed by atoms with Crippen LogP contribution in [0, 0.1) is 6.92 Å². The van der Waals surface area contributed by atoms with Crippen molar-refractivity contribution in [1.29, 1.82) is 0 Å². The minimum absolute atomic E-state index is 0.170. The third-order valence-corrected chi connectivity index (χ3v) is 5.94. The number of carboxylic acid groups (broad SMARTS) is 1. The number of aliphatic carboxylic acids is 1. The molecule has 2 atom stereocenters. The highest BCUT2D eigenvalue weighted by Crippen LogP contribution is 2.32. The second kappa shape index (κ2) is 12.0. The summed E-state index contributed by atoms with van der Waals surface area (Å²) in [6.07, 6.45) is 0.979. The molecule has 38 heavy (non-hydrogen) atoms. The van der Waals surface area contributed by atoms with Gasteiger partial charge in [0, 0.05) is 18.2 Å². The van der Waals surface area contributed by atoms with Gasteiger partial charge in [-0.25, -0.2) is 9.78 Å². The molecule has 0 aliphatic heterocycles. The van der Waals surface area contributed by atoms with E-state index in [0.717, 1.165) is 28.1 Å². The topological polar surface area (TPSA) is 114 Å². The summed E-state index contributed by atoms with van der Waals surface area (Å²) in [7, 11) is 1.63. The third kappa shape index (κ3) is 6.80. The van der Waals surface area contributed by atoms with Crippen molar-refractivity contribution in [3.8, 4) is 11.4 Å². The highest BCUT2D eigenvalue weighted by Gasteiger charge is 2.38. The lowest BCUT2D eigenvalue weighted by molar-refractivity contribution is -0.192. The number of carbonyl (C=O) groups excluding carboxylic acids is 1. The maximum atomic E-state index is 13.0. The first-order valence-corrected chi connectivity index (χ1v) is 11.7. The van der Waals surface area contributed by atoms with Gasteiger partial charge in [-0.3, -0.25) is 4.79 Å². The molecule has 0 spiro atoms. The number of alkyl halides is 3. The first kappa shape index (κ1) is 28.5. The zero-order valence-electron chi connectivity index (χ0n) is 21.0. The summed E-state index contributed by atoms with van der Waals surface area (Å²) in [6.45, 7) is 3.89. The maximum Gasteiger partial charge on any atom is 0.490 e. The van der Waals surface area contributed by atoms with Crippen molar-refractivity contribution in [3.63, 3.8) is 0 Å². The Hall–Kier alpha value is -4.12. The van der Waals surface area contributed by atoms with Crippen molar-refractivity contribution in [2.24, 2.45) is 0 Å². The molecule has 0 bridgehead atoms. The van der Waals surface area contributed by atoms with Gasteiger partial charge in [-0.2, -0.15) is 13.2 Å². The van der Waals surface area contributed by atoms with Gasteiger partial charge in [0.05, 0.1) is 37.0 Å². The van der Waals surface area contributed by atoms with Crippen molar-refractivity contribution in [2.45, 2.75) is 45.0 Å². The number of imidazole rings is 1. The molecule has 1 heterocycles. The molecule has 0 radical (unpaired) electrons. The van der Waals surface area contributed by atoms with Crippen LogP contribution in [0.1, 0.15) is 41.8 Å². The largest absolute Gasteiger partial charge is 0.495 e. The number of nitrogens with zero attached hydrogens (tertiary/aromatic N) is 2. The molecular weight excluding hydrogens is 503 g/mol. The Morgan fingerprint density at radius 2 is 1.92 bits per heavy atom. The average Bonchev–Trinajstić information content (AvgIpc) is 3.44. The number of aromatic nitrogens is 2. The molecule has 0 unspecified atom stereocenters. The number of aryl methyl sites for hydroxylation is 1. The van der Waals surface area contributed by atoms with Crippen LogP contribution in [0.15, 0.2) is 60.6 Å². The number of rotatable bonds is 6. The van der Waals surface area contributed by atoms with E-state index in [-0.39, 0.29) is 11.9 Å². The van der Waals surface area contributed by atoms with Gasteiger partial charge < -0.3 is 24.8 Å². The van der Waals surface area contributed by atoms with Crippen LogP contribution in [-0.2, 0) is 16.0 Å². The fourth-order valence-corrected chi connectivity index (χ4v) is 4.06. The molecule has 2 aromatic carbocycles. The van der Waals surface area contributed by atoms with Crippen molar-refractivity contribution < 1.29 is 37.7 Å². The van der Waals surface area contributed by atoms with Crippen LogP contribution in [0.5, 0.6) is 5.75 Å². The number of ether oxygens (including phenoxy) is 1. The van der Waals surface area contributed by atoms with E-state index < -0.39 is 18.2 Å². The number of methoxy groups -OCH3 is 1. The summed E-state index contributed by atoms with van der Waals surface area (Å²) >= 11 is 0. The van der Waals surface area contributed by atoms with E-state index in [9.17, 15) is 23.1 Å². The summed E-state index contributed by atoms with van der Waals surface area (Å²) in [5.74, 6) is -2.23. The smallest absolute Gasteiger partial charge is 0.490 e. The molecule has 11 heteroatoms. The Morgan fingerprint density at radius 3 is 2.50 bits per heavy atom. The maximum absolute atomic E-state index is 13.0. The SMILES string of the molecule is CC/C(=C\c1ccc(-n2cnc(C)c2)c(OC)c1)C(=O)N[C@@H]1c2ccccc2C[C@@H]1O.O=C(O)C(F)(F)F. The fraction of sp³-hybridized carbons (Fsp3) is 0.296. The summed E-state index contributed by atoms with van der Waals surface area (Å²) in [5.41, 5.74) is 5.39. The molecule has 1 amide bonds. The quantitative estimate of drug-likeness (QED) is 0.407. The second-order valence-electron chi connectivity index (χ2n) is 8.60. The number of aliphatic hydroxyl groups excluding tert-OH is 1. The van der Waals surface area contributed by atoms with E-state index in [1.807, 2.05) is 73.2 Å². The van der Waals surface area contributed by atoms with E-state index in [1.54, 1.807) is 13.4 Å². The standard InChI is InChI=1S/C25H27N3O3.C2HF3O2/c1-4-18(25(30)27-24-20-8-6-5-7-19(20)13-22(24)29)11-17-9-10-21(23(12-17)31-3)28-14-16(2)26-15-28;3-2(4,5)1(6)7/h5-12,14-15,22,24,29H,4,13H2,1-3H3,(H,27,30);(H,6,7)/b18-11+;/t22-,24+;/m0./s1. The molecule has 4 rings (SSSR count). The van der Waals surface area contributed by atoms with Gasteiger partial charge in [-0.15, -0.1) is 0 Å². The number of halogens is 3. The van der Waals surface area contributed by atoms with Crippen LogP contribution in [0.3, 0.4) is 0 Å². The van der Waals surface area contributed by atoms with Gasteiger partial charge in [-0.1, -0.05) is 37.3 Å². The summed E-state index contributed by atoms with van der Waals surface area (Å²) in [5, 5.41) is 20.6. The molecule has 0 saturated heterocycles. The zero-order chi connectivity index (χ0) is 28.0. The lowest BCUT2D eigenvalue weighted by Crippen LogP contribution is -2.34. The Labute approximate surface area is 217 Å². The highest BCUT2D eigenvalue weighted by molar-refractivity contribution is 5.98. The van der Waals surface area contributed by atoms with E-state index >= 15 is 0 Å². The van der Waals surface area contributed by atoms with Crippen LogP contribution in [-0.4, -0.2) is 51.0 Å². The van der Waals surface area contributed by atoms with E-state index in [1.165, 1.54) is 0 Å². The van der Waals surface area contributed by atoms with Gasteiger partial charge in [0.25, 0.3) is 0 Å². The normalized spacial score (nSPS) is 16.8. The minimum Gasteiger partial charge on any atom is -0.495 e. The van der Waals surface area contributed by atoms with E-state index in [2.05, 4.69) is 10.3 Å².